The second-order valence-electron chi connectivity index (χ2n) is 4.95. The Morgan fingerprint density at radius 1 is 1.43 bits per heavy atom. The summed E-state index contributed by atoms with van der Waals surface area (Å²) in [5, 5.41) is 12.0. The normalized spacial score (nSPS) is 10.9. The van der Waals surface area contributed by atoms with E-state index in [1.54, 1.807) is 30.1 Å². The maximum Gasteiger partial charge on any atom is 0.328 e. The lowest BCUT2D eigenvalue weighted by atomic mass is 10.1. The van der Waals surface area contributed by atoms with E-state index in [0.717, 1.165) is 11.8 Å². The van der Waals surface area contributed by atoms with Gasteiger partial charge in [-0.3, -0.25) is 4.79 Å². The molecule has 1 amide bonds. The van der Waals surface area contributed by atoms with Gasteiger partial charge in [-0.05, 0) is 43.7 Å². The van der Waals surface area contributed by atoms with Crippen LogP contribution in [0, 0.1) is 0 Å². The number of aliphatic carboxylic acids is 1. The fourth-order valence-corrected chi connectivity index (χ4v) is 2.02. The summed E-state index contributed by atoms with van der Waals surface area (Å²) < 4.78 is 0. The van der Waals surface area contributed by atoms with Gasteiger partial charge in [0, 0.05) is 29.9 Å². The highest BCUT2D eigenvalue weighted by molar-refractivity contribution is 6.30. The summed E-state index contributed by atoms with van der Waals surface area (Å²) in [6, 6.07) is 5.19. The third-order valence-electron chi connectivity index (χ3n) is 2.64. The highest BCUT2D eigenvalue weighted by Gasteiger charge is 2.11. The molecule has 1 rings (SSSR count). The van der Waals surface area contributed by atoms with E-state index in [1.807, 2.05) is 13.8 Å². The number of anilines is 1. The first kappa shape index (κ1) is 17.0. The van der Waals surface area contributed by atoms with E-state index in [2.05, 4.69) is 5.32 Å². The zero-order valence-electron chi connectivity index (χ0n) is 12.3. The number of carbonyl (C=O) groups is 2. The van der Waals surface area contributed by atoms with Crippen LogP contribution >= 0.6 is 11.6 Å². The Balaban J connectivity index is 2.95. The standard InChI is InChI=1S/C15H19ClN2O3/c1-10(2)17-14(19)9-18(3)13-6-5-12(16)8-11(13)4-7-15(20)21/h4-8,10H,9H2,1-3H3,(H,17,19)(H,20,21)/b7-4+. The predicted octanol–water partition coefficient (Wildman–Crippen LogP) is 2.40. The van der Waals surface area contributed by atoms with Crippen molar-refractivity contribution in [1.82, 2.24) is 5.32 Å². The molecular formula is C15H19ClN2O3. The average Bonchev–Trinajstić information content (AvgIpc) is 2.34. The van der Waals surface area contributed by atoms with Crippen molar-refractivity contribution in [1.29, 1.82) is 0 Å². The van der Waals surface area contributed by atoms with Gasteiger partial charge in [-0.15, -0.1) is 0 Å². The molecule has 0 aliphatic heterocycles. The molecule has 0 radical (unpaired) electrons. The highest BCUT2D eigenvalue weighted by Crippen LogP contribution is 2.24. The molecule has 0 fully saturated rings. The minimum Gasteiger partial charge on any atom is -0.478 e. The number of likely N-dealkylation sites (N-methyl/N-ethyl adjacent to an activating group) is 1. The molecule has 1 aromatic carbocycles. The average molecular weight is 311 g/mol. The lowest BCUT2D eigenvalue weighted by Crippen LogP contribution is -2.38. The summed E-state index contributed by atoms with van der Waals surface area (Å²) in [6.07, 6.45) is 2.50. The minimum atomic E-state index is -1.04. The topological polar surface area (TPSA) is 69.6 Å². The van der Waals surface area contributed by atoms with E-state index >= 15 is 0 Å². The second kappa shape index (κ2) is 7.69. The minimum absolute atomic E-state index is 0.0718. The van der Waals surface area contributed by atoms with Gasteiger partial charge >= 0.3 is 5.97 Å². The maximum atomic E-state index is 11.8. The van der Waals surface area contributed by atoms with Crippen LogP contribution in [0.2, 0.25) is 5.02 Å². The Morgan fingerprint density at radius 2 is 2.10 bits per heavy atom. The number of hydrogen-bond acceptors (Lipinski definition) is 3. The molecule has 6 heteroatoms. The second-order valence-corrected chi connectivity index (χ2v) is 5.39. The molecule has 0 atom stereocenters. The molecule has 0 spiro atoms. The zero-order chi connectivity index (χ0) is 16.0. The lowest BCUT2D eigenvalue weighted by molar-refractivity contribution is -0.131. The van der Waals surface area contributed by atoms with Crippen molar-refractivity contribution in [2.45, 2.75) is 19.9 Å². The van der Waals surface area contributed by atoms with Crippen molar-refractivity contribution in [2.24, 2.45) is 0 Å². The van der Waals surface area contributed by atoms with Crippen molar-refractivity contribution < 1.29 is 14.7 Å². The van der Waals surface area contributed by atoms with Crippen molar-refractivity contribution >= 4 is 35.2 Å². The molecular weight excluding hydrogens is 292 g/mol. The highest BCUT2D eigenvalue weighted by atomic mass is 35.5. The number of halogens is 1. The van der Waals surface area contributed by atoms with E-state index in [4.69, 9.17) is 16.7 Å². The molecule has 1 aromatic rings. The largest absolute Gasteiger partial charge is 0.478 e. The van der Waals surface area contributed by atoms with Gasteiger partial charge < -0.3 is 15.3 Å². The number of hydrogen-bond donors (Lipinski definition) is 2. The molecule has 0 unspecified atom stereocenters. The molecule has 114 valence electrons. The number of amides is 1. The van der Waals surface area contributed by atoms with Gasteiger partial charge in [0.2, 0.25) is 5.91 Å². The van der Waals surface area contributed by atoms with Crippen LogP contribution in [0.1, 0.15) is 19.4 Å². The molecule has 21 heavy (non-hydrogen) atoms. The summed E-state index contributed by atoms with van der Waals surface area (Å²) in [6.45, 7) is 3.95. The monoisotopic (exact) mass is 310 g/mol. The van der Waals surface area contributed by atoms with Crippen molar-refractivity contribution in [3.05, 3.63) is 34.9 Å². The summed E-state index contributed by atoms with van der Waals surface area (Å²) in [7, 11) is 1.77. The number of carboxylic acids is 1. The van der Waals surface area contributed by atoms with Gasteiger partial charge in [0.1, 0.15) is 0 Å². The Bertz CT molecular complexity index is 556. The van der Waals surface area contributed by atoms with Crippen LogP contribution in [0.4, 0.5) is 5.69 Å². The molecule has 2 N–H and O–H groups in total. The number of carboxylic acid groups (broad SMARTS) is 1. The number of rotatable bonds is 6. The third-order valence-corrected chi connectivity index (χ3v) is 2.87. The van der Waals surface area contributed by atoms with Crippen molar-refractivity contribution in [3.8, 4) is 0 Å². The first-order valence-electron chi connectivity index (χ1n) is 6.50. The van der Waals surface area contributed by atoms with Crippen molar-refractivity contribution in [2.75, 3.05) is 18.5 Å². The van der Waals surface area contributed by atoms with Crippen LogP contribution in [0.3, 0.4) is 0 Å². The van der Waals surface area contributed by atoms with E-state index in [-0.39, 0.29) is 18.5 Å². The van der Waals surface area contributed by atoms with Crippen LogP contribution in [-0.2, 0) is 9.59 Å². The van der Waals surface area contributed by atoms with Crippen molar-refractivity contribution in [3.63, 3.8) is 0 Å². The smallest absolute Gasteiger partial charge is 0.328 e. The molecule has 0 aliphatic carbocycles. The van der Waals surface area contributed by atoms with E-state index in [0.29, 0.717) is 10.6 Å². The summed E-state index contributed by atoms with van der Waals surface area (Å²) in [5.41, 5.74) is 1.38. The van der Waals surface area contributed by atoms with Crippen LogP contribution in [0.15, 0.2) is 24.3 Å². The van der Waals surface area contributed by atoms with Crippen LogP contribution in [0.25, 0.3) is 6.08 Å². The van der Waals surface area contributed by atoms with E-state index in [1.165, 1.54) is 6.08 Å². The Kier molecular flexibility index (Phi) is 6.24. The molecule has 0 aliphatic rings. The summed E-state index contributed by atoms with van der Waals surface area (Å²) >= 11 is 5.93. The first-order valence-corrected chi connectivity index (χ1v) is 6.88. The number of nitrogens with zero attached hydrogens (tertiary/aromatic N) is 1. The van der Waals surface area contributed by atoms with Gasteiger partial charge in [0.05, 0.1) is 6.54 Å². The van der Waals surface area contributed by atoms with Gasteiger partial charge in [0.15, 0.2) is 0 Å². The van der Waals surface area contributed by atoms with Gasteiger partial charge in [0.25, 0.3) is 0 Å². The summed E-state index contributed by atoms with van der Waals surface area (Å²) in [4.78, 5) is 24.2. The Labute approximate surface area is 129 Å². The molecule has 0 saturated heterocycles. The fraction of sp³-hybridized carbons (Fsp3) is 0.333. The van der Waals surface area contributed by atoms with E-state index in [9.17, 15) is 9.59 Å². The Morgan fingerprint density at radius 3 is 2.67 bits per heavy atom. The molecule has 0 heterocycles. The van der Waals surface area contributed by atoms with Crippen LogP contribution in [-0.4, -0.2) is 36.6 Å². The first-order chi connectivity index (χ1) is 9.79. The lowest BCUT2D eigenvalue weighted by Gasteiger charge is -2.22. The quantitative estimate of drug-likeness (QED) is 0.792. The summed E-state index contributed by atoms with van der Waals surface area (Å²) in [5.74, 6) is -1.14. The third kappa shape index (κ3) is 5.87. The van der Waals surface area contributed by atoms with Crippen LogP contribution < -0.4 is 10.2 Å². The van der Waals surface area contributed by atoms with Gasteiger partial charge in [-0.2, -0.15) is 0 Å². The number of nitrogens with one attached hydrogen (secondary N) is 1. The molecule has 5 nitrogen and oxygen atoms in total. The van der Waals surface area contributed by atoms with E-state index < -0.39 is 5.97 Å². The SMILES string of the molecule is CC(C)NC(=O)CN(C)c1ccc(Cl)cc1/C=C/C(=O)O. The van der Waals surface area contributed by atoms with Gasteiger partial charge in [-0.25, -0.2) is 4.79 Å². The number of benzene rings is 1. The Hall–Kier alpha value is -2.01. The fourth-order valence-electron chi connectivity index (χ4n) is 1.84. The maximum absolute atomic E-state index is 11.8. The zero-order valence-corrected chi connectivity index (χ0v) is 13.0. The predicted molar refractivity (Wildman–Crippen MR) is 84.7 cm³/mol. The number of carbonyl (C=O) groups excluding carboxylic acids is 1. The van der Waals surface area contributed by atoms with Gasteiger partial charge in [-0.1, -0.05) is 11.6 Å². The molecule has 0 aromatic heterocycles. The van der Waals surface area contributed by atoms with Crippen LogP contribution in [0.5, 0.6) is 0 Å². The molecule has 0 bridgehead atoms. The molecule has 0 saturated carbocycles.